The van der Waals surface area contributed by atoms with Gasteiger partial charge in [0.2, 0.25) is 0 Å². The molecule has 0 saturated carbocycles. The van der Waals surface area contributed by atoms with Crippen LogP contribution in [0.3, 0.4) is 0 Å². The number of hydrogen-bond acceptors (Lipinski definition) is 2. The average molecular weight is 409 g/mol. The molecule has 0 radical (unpaired) electrons. The number of benzene rings is 6. The van der Waals surface area contributed by atoms with E-state index >= 15 is 0 Å². The zero-order valence-corrected chi connectivity index (χ0v) is 17.4. The van der Waals surface area contributed by atoms with E-state index in [1.807, 2.05) is 12.4 Å². The molecule has 0 saturated heterocycles. The number of aliphatic imine (C=N–C) groups is 2. The largest absolute Gasteiger partial charge is 0.254 e. The molecule has 6 aromatic carbocycles. The van der Waals surface area contributed by atoms with E-state index < -0.39 is 0 Å². The number of nitrogens with zero attached hydrogens (tertiary/aromatic N) is 2. The van der Waals surface area contributed by atoms with E-state index in [-0.39, 0.29) is 0 Å². The van der Waals surface area contributed by atoms with E-state index in [2.05, 4.69) is 109 Å². The highest BCUT2D eigenvalue weighted by molar-refractivity contribution is 6.22. The Bertz CT molecular complexity index is 1440. The van der Waals surface area contributed by atoms with Crippen LogP contribution in [0.25, 0.3) is 43.1 Å². The summed E-state index contributed by atoms with van der Waals surface area (Å²) in [5.41, 5.74) is 1.96. The second-order valence-electron chi connectivity index (χ2n) is 7.89. The van der Waals surface area contributed by atoms with Gasteiger partial charge in [0.1, 0.15) is 0 Å². The lowest BCUT2D eigenvalue weighted by Gasteiger charge is -2.08. The van der Waals surface area contributed by atoms with Crippen molar-refractivity contribution in [2.75, 3.05) is 0 Å². The molecule has 6 rings (SSSR count). The Kier molecular flexibility index (Phi) is 4.47. The third-order valence-corrected chi connectivity index (χ3v) is 5.96. The van der Waals surface area contributed by atoms with E-state index in [4.69, 9.17) is 9.98 Å². The normalized spacial score (nSPS) is 12.1. The second-order valence-corrected chi connectivity index (χ2v) is 7.89. The van der Waals surface area contributed by atoms with Crippen molar-refractivity contribution in [1.82, 2.24) is 0 Å². The minimum Gasteiger partial charge on any atom is -0.254 e. The fourth-order valence-corrected chi connectivity index (χ4v) is 4.47. The first-order chi connectivity index (χ1) is 15.9. The molecule has 2 nitrogen and oxygen atoms in total. The lowest BCUT2D eigenvalue weighted by atomic mass is 10.0. The van der Waals surface area contributed by atoms with Crippen LogP contribution >= 0.6 is 0 Å². The van der Waals surface area contributed by atoms with Crippen LogP contribution in [0.5, 0.6) is 0 Å². The zero-order chi connectivity index (χ0) is 21.3. The molecular formula is C30H20N2. The summed E-state index contributed by atoms with van der Waals surface area (Å²) in [5.74, 6) is 0. The topological polar surface area (TPSA) is 24.7 Å². The van der Waals surface area contributed by atoms with E-state index in [1.54, 1.807) is 0 Å². The van der Waals surface area contributed by atoms with Crippen LogP contribution in [0.1, 0.15) is 0 Å². The van der Waals surface area contributed by atoms with Crippen LogP contribution in [-0.2, 0) is 0 Å². The lowest BCUT2D eigenvalue weighted by molar-refractivity contribution is 1.61. The van der Waals surface area contributed by atoms with Crippen molar-refractivity contribution < 1.29 is 0 Å². The summed E-state index contributed by atoms with van der Waals surface area (Å²) in [6.45, 7) is 0. The van der Waals surface area contributed by atoms with Gasteiger partial charge in [0.15, 0.2) is 0 Å². The maximum atomic E-state index is 4.86. The first-order valence-electron chi connectivity index (χ1n) is 10.8. The van der Waals surface area contributed by atoms with Crippen molar-refractivity contribution in [2.45, 2.75) is 0 Å². The van der Waals surface area contributed by atoms with Crippen molar-refractivity contribution in [1.29, 1.82) is 0 Å². The molecule has 32 heavy (non-hydrogen) atoms. The fourth-order valence-electron chi connectivity index (χ4n) is 4.47. The monoisotopic (exact) mass is 408 g/mol. The summed E-state index contributed by atoms with van der Waals surface area (Å²) in [6.07, 6.45) is 3.62. The van der Waals surface area contributed by atoms with E-state index in [0.717, 1.165) is 32.9 Å². The van der Waals surface area contributed by atoms with Gasteiger partial charge in [0.05, 0.1) is 11.4 Å². The van der Waals surface area contributed by atoms with Gasteiger partial charge in [-0.25, -0.2) is 0 Å². The average Bonchev–Trinajstić information content (AvgIpc) is 2.85. The Labute approximate surface area is 186 Å². The molecule has 0 unspecified atom stereocenters. The molecule has 0 amide bonds. The van der Waals surface area contributed by atoms with Gasteiger partial charge in [0, 0.05) is 34.0 Å². The van der Waals surface area contributed by atoms with Gasteiger partial charge in [-0.3, -0.25) is 9.98 Å². The van der Waals surface area contributed by atoms with Gasteiger partial charge in [0.25, 0.3) is 0 Å². The Hall–Kier alpha value is -4.30. The predicted octanol–water partition coefficient (Wildman–Crippen LogP) is 8.40. The van der Waals surface area contributed by atoms with Gasteiger partial charge >= 0.3 is 0 Å². The highest BCUT2D eigenvalue weighted by Crippen LogP contribution is 2.36. The molecule has 0 N–H and O–H groups in total. The van der Waals surface area contributed by atoms with Crippen LogP contribution < -0.4 is 0 Å². The minimum absolute atomic E-state index is 0.980. The molecule has 0 aliphatic rings. The smallest absolute Gasteiger partial charge is 0.0786 e. The summed E-state index contributed by atoms with van der Waals surface area (Å²) in [5, 5.41) is 9.34. The summed E-state index contributed by atoms with van der Waals surface area (Å²) in [6, 6.07) is 38.0. The molecule has 0 spiro atoms. The van der Waals surface area contributed by atoms with Gasteiger partial charge < -0.3 is 0 Å². The van der Waals surface area contributed by atoms with Gasteiger partial charge in [-0.2, -0.15) is 0 Å². The maximum absolute atomic E-state index is 4.86. The molecule has 2 heteroatoms. The first kappa shape index (κ1) is 18.5. The Morgan fingerprint density at radius 1 is 0.375 bits per heavy atom. The quantitative estimate of drug-likeness (QED) is 0.207. The van der Waals surface area contributed by atoms with Gasteiger partial charge in [-0.1, -0.05) is 97.1 Å². The molecule has 0 bridgehead atoms. The van der Waals surface area contributed by atoms with Crippen molar-refractivity contribution in [3.63, 3.8) is 0 Å². The van der Waals surface area contributed by atoms with Crippen LogP contribution in [0.4, 0.5) is 11.4 Å². The summed E-state index contributed by atoms with van der Waals surface area (Å²) in [7, 11) is 0. The van der Waals surface area contributed by atoms with Crippen LogP contribution in [0.2, 0.25) is 0 Å². The Morgan fingerprint density at radius 3 is 0.969 bits per heavy atom. The molecule has 6 aromatic rings. The van der Waals surface area contributed by atoms with Crippen molar-refractivity contribution in [3.05, 3.63) is 109 Å². The van der Waals surface area contributed by atoms with Crippen LogP contribution in [-0.4, -0.2) is 12.4 Å². The van der Waals surface area contributed by atoms with Gasteiger partial charge in [-0.05, 0) is 33.7 Å². The molecule has 0 aliphatic carbocycles. The van der Waals surface area contributed by atoms with E-state index in [0.29, 0.717) is 0 Å². The third kappa shape index (κ3) is 3.14. The first-order valence-corrected chi connectivity index (χ1v) is 10.8. The molecule has 0 atom stereocenters. The minimum atomic E-state index is 0.980. The predicted molar refractivity (Wildman–Crippen MR) is 139 cm³/mol. The number of fused-ring (bicyclic) bond motifs is 4. The van der Waals surface area contributed by atoms with Crippen LogP contribution in [0.15, 0.2) is 119 Å². The molecule has 150 valence electrons. The summed E-state index contributed by atoms with van der Waals surface area (Å²) >= 11 is 0. The highest BCUT2D eigenvalue weighted by Gasteiger charge is 2.07. The number of hydrogen-bond donors (Lipinski definition) is 0. The van der Waals surface area contributed by atoms with E-state index in [1.165, 1.54) is 21.5 Å². The standard InChI is InChI=1S/C30H20N2/c1-5-13-25-21(9-1)19-22-10-2-6-14-26(22)29(25)31-17-18-32-30-27-15-7-3-11-23(27)20-24-12-4-8-16-28(24)30/h1-20H. The highest BCUT2D eigenvalue weighted by atomic mass is 14.8. The molecule has 0 aromatic heterocycles. The maximum Gasteiger partial charge on any atom is 0.0786 e. The number of rotatable bonds is 3. The molecular weight excluding hydrogens is 388 g/mol. The fraction of sp³-hybridized carbons (Fsp3) is 0. The zero-order valence-electron chi connectivity index (χ0n) is 17.4. The molecule has 0 heterocycles. The third-order valence-electron chi connectivity index (χ3n) is 5.96. The lowest BCUT2D eigenvalue weighted by Crippen LogP contribution is -1.82. The Balaban J connectivity index is 1.49. The molecule has 0 aliphatic heterocycles. The SMILES string of the molecule is C(C=Nc1c2ccccc2cc2ccccc12)=Nc1c2ccccc2cc2ccccc12. The van der Waals surface area contributed by atoms with Crippen LogP contribution in [0, 0.1) is 0 Å². The van der Waals surface area contributed by atoms with Crippen molar-refractivity contribution in [2.24, 2.45) is 9.98 Å². The summed E-state index contributed by atoms with van der Waals surface area (Å²) < 4.78 is 0. The van der Waals surface area contributed by atoms with Gasteiger partial charge in [-0.15, -0.1) is 0 Å². The van der Waals surface area contributed by atoms with E-state index in [9.17, 15) is 0 Å². The Morgan fingerprint density at radius 2 is 0.656 bits per heavy atom. The molecule has 0 fully saturated rings. The second kappa shape index (κ2) is 7.75. The van der Waals surface area contributed by atoms with Crippen molar-refractivity contribution >= 4 is 66.9 Å². The van der Waals surface area contributed by atoms with Crippen molar-refractivity contribution in [3.8, 4) is 0 Å². The summed E-state index contributed by atoms with van der Waals surface area (Å²) in [4.78, 5) is 9.73.